The normalized spacial score (nSPS) is 10.4. The summed E-state index contributed by atoms with van der Waals surface area (Å²) in [6, 6.07) is 9.63. The standard InChI is InChI=1S/C11H13NO2/c1-12(14-2)11(13)9-8-10-6-4-3-5-7-10/h3-9H,1-2H3/b9-8+. The second kappa shape index (κ2) is 5.19. The van der Waals surface area contributed by atoms with Crippen LogP contribution in [0.2, 0.25) is 0 Å². The van der Waals surface area contributed by atoms with Gasteiger partial charge in [-0.05, 0) is 11.6 Å². The molecule has 0 bridgehead atoms. The Balaban J connectivity index is 2.61. The molecule has 0 saturated carbocycles. The third-order valence-electron chi connectivity index (χ3n) is 1.80. The van der Waals surface area contributed by atoms with Crippen LogP contribution in [0.25, 0.3) is 6.08 Å². The first-order valence-electron chi connectivity index (χ1n) is 4.29. The Bertz CT molecular complexity index is 319. The second-order valence-corrected chi connectivity index (χ2v) is 2.76. The quantitative estimate of drug-likeness (QED) is 0.537. The minimum Gasteiger partial charge on any atom is -0.274 e. The van der Waals surface area contributed by atoms with Crippen molar-refractivity contribution in [1.29, 1.82) is 0 Å². The molecule has 1 rings (SSSR count). The van der Waals surface area contributed by atoms with Crippen LogP contribution in [0.15, 0.2) is 36.4 Å². The number of nitrogens with zero attached hydrogens (tertiary/aromatic N) is 1. The largest absolute Gasteiger partial charge is 0.274 e. The Labute approximate surface area is 83.6 Å². The van der Waals surface area contributed by atoms with Crippen LogP contribution >= 0.6 is 0 Å². The summed E-state index contributed by atoms with van der Waals surface area (Å²) in [7, 11) is 3.02. The van der Waals surface area contributed by atoms with E-state index in [-0.39, 0.29) is 5.91 Å². The van der Waals surface area contributed by atoms with Crippen molar-refractivity contribution in [2.75, 3.05) is 14.2 Å². The summed E-state index contributed by atoms with van der Waals surface area (Å²) in [5.74, 6) is -0.184. The smallest absolute Gasteiger partial charge is 0.269 e. The number of hydrogen-bond acceptors (Lipinski definition) is 2. The van der Waals surface area contributed by atoms with Crippen LogP contribution < -0.4 is 0 Å². The molecule has 0 aliphatic rings. The molecule has 74 valence electrons. The number of carbonyl (C=O) groups is 1. The maximum Gasteiger partial charge on any atom is 0.269 e. The topological polar surface area (TPSA) is 29.5 Å². The number of benzene rings is 1. The molecule has 0 radical (unpaired) electrons. The summed E-state index contributed by atoms with van der Waals surface area (Å²) in [6.07, 6.45) is 3.22. The molecule has 3 nitrogen and oxygen atoms in total. The van der Waals surface area contributed by atoms with E-state index >= 15 is 0 Å². The van der Waals surface area contributed by atoms with Gasteiger partial charge in [0.1, 0.15) is 0 Å². The molecule has 0 aliphatic carbocycles. The van der Waals surface area contributed by atoms with Gasteiger partial charge < -0.3 is 0 Å². The molecule has 0 saturated heterocycles. The lowest BCUT2D eigenvalue weighted by molar-refractivity contribution is -0.162. The summed E-state index contributed by atoms with van der Waals surface area (Å²) in [5, 5.41) is 1.17. The van der Waals surface area contributed by atoms with Gasteiger partial charge in [-0.15, -0.1) is 0 Å². The summed E-state index contributed by atoms with van der Waals surface area (Å²) in [6.45, 7) is 0. The Hall–Kier alpha value is -1.61. The molecule has 0 aliphatic heterocycles. The minimum absolute atomic E-state index is 0.184. The number of amides is 1. The van der Waals surface area contributed by atoms with Gasteiger partial charge in [0, 0.05) is 13.1 Å². The zero-order chi connectivity index (χ0) is 10.4. The van der Waals surface area contributed by atoms with Gasteiger partial charge in [-0.2, -0.15) is 0 Å². The Morgan fingerprint density at radius 3 is 2.57 bits per heavy atom. The van der Waals surface area contributed by atoms with Crippen LogP contribution in [0, 0.1) is 0 Å². The van der Waals surface area contributed by atoms with Crippen molar-refractivity contribution < 1.29 is 9.63 Å². The van der Waals surface area contributed by atoms with E-state index in [4.69, 9.17) is 4.84 Å². The molecular weight excluding hydrogens is 178 g/mol. The predicted octanol–water partition coefficient (Wildman–Crippen LogP) is 1.72. The lowest BCUT2D eigenvalue weighted by Crippen LogP contribution is -2.22. The minimum atomic E-state index is -0.184. The van der Waals surface area contributed by atoms with Gasteiger partial charge in [0.25, 0.3) is 5.91 Å². The van der Waals surface area contributed by atoms with E-state index in [9.17, 15) is 4.79 Å². The van der Waals surface area contributed by atoms with Crippen molar-refractivity contribution in [3.63, 3.8) is 0 Å². The molecule has 3 heteroatoms. The Morgan fingerprint density at radius 2 is 2.00 bits per heavy atom. The molecule has 1 amide bonds. The number of likely N-dealkylation sites (N-methyl/N-ethyl adjacent to an activating group) is 1. The molecule has 0 N–H and O–H groups in total. The van der Waals surface area contributed by atoms with Gasteiger partial charge >= 0.3 is 0 Å². The van der Waals surface area contributed by atoms with Gasteiger partial charge in [-0.3, -0.25) is 9.63 Å². The number of hydroxylamine groups is 2. The van der Waals surface area contributed by atoms with Crippen molar-refractivity contribution in [1.82, 2.24) is 5.06 Å². The first-order chi connectivity index (χ1) is 6.74. The fourth-order valence-corrected chi connectivity index (χ4v) is 0.927. The van der Waals surface area contributed by atoms with Crippen LogP contribution in [0.1, 0.15) is 5.56 Å². The second-order valence-electron chi connectivity index (χ2n) is 2.76. The van der Waals surface area contributed by atoms with E-state index in [1.807, 2.05) is 30.3 Å². The first-order valence-corrected chi connectivity index (χ1v) is 4.29. The highest BCUT2D eigenvalue weighted by Gasteiger charge is 2.01. The van der Waals surface area contributed by atoms with Crippen LogP contribution in [-0.2, 0) is 9.63 Å². The number of rotatable bonds is 3. The van der Waals surface area contributed by atoms with Crippen molar-refractivity contribution >= 4 is 12.0 Å². The Kier molecular flexibility index (Phi) is 3.88. The predicted molar refractivity (Wildman–Crippen MR) is 55.3 cm³/mol. The average molecular weight is 191 g/mol. The van der Waals surface area contributed by atoms with E-state index in [0.717, 1.165) is 5.56 Å². The fraction of sp³-hybridized carbons (Fsp3) is 0.182. The molecule has 0 aromatic heterocycles. The average Bonchev–Trinajstić information content (AvgIpc) is 2.26. The van der Waals surface area contributed by atoms with E-state index < -0.39 is 0 Å². The van der Waals surface area contributed by atoms with Gasteiger partial charge in [-0.1, -0.05) is 30.3 Å². The number of carbonyl (C=O) groups excluding carboxylic acids is 1. The zero-order valence-electron chi connectivity index (χ0n) is 8.31. The van der Waals surface area contributed by atoms with Gasteiger partial charge in [0.05, 0.1) is 7.11 Å². The fourth-order valence-electron chi connectivity index (χ4n) is 0.927. The molecule has 1 aromatic rings. The molecule has 0 atom stereocenters. The van der Waals surface area contributed by atoms with E-state index in [1.54, 1.807) is 13.1 Å². The van der Waals surface area contributed by atoms with Gasteiger partial charge in [0.2, 0.25) is 0 Å². The monoisotopic (exact) mass is 191 g/mol. The van der Waals surface area contributed by atoms with Gasteiger partial charge in [-0.25, -0.2) is 5.06 Å². The lowest BCUT2D eigenvalue weighted by Gasteiger charge is -2.09. The van der Waals surface area contributed by atoms with Crippen LogP contribution in [0.5, 0.6) is 0 Å². The van der Waals surface area contributed by atoms with Crippen molar-refractivity contribution in [2.24, 2.45) is 0 Å². The zero-order valence-corrected chi connectivity index (χ0v) is 8.31. The summed E-state index contributed by atoms with van der Waals surface area (Å²) in [5.41, 5.74) is 0.991. The highest BCUT2D eigenvalue weighted by Crippen LogP contribution is 2.01. The van der Waals surface area contributed by atoms with E-state index in [2.05, 4.69) is 0 Å². The van der Waals surface area contributed by atoms with Gasteiger partial charge in [0.15, 0.2) is 0 Å². The molecule has 14 heavy (non-hydrogen) atoms. The highest BCUT2D eigenvalue weighted by atomic mass is 16.7. The first kappa shape index (κ1) is 10.5. The van der Waals surface area contributed by atoms with Crippen LogP contribution in [0.4, 0.5) is 0 Å². The number of hydrogen-bond donors (Lipinski definition) is 0. The molecule has 0 unspecified atom stereocenters. The van der Waals surface area contributed by atoms with E-state index in [1.165, 1.54) is 18.2 Å². The van der Waals surface area contributed by atoms with Crippen LogP contribution in [0.3, 0.4) is 0 Å². The van der Waals surface area contributed by atoms with Crippen molar-refractivity contribution in [3.05, 3.63) is 42.0 Å². The lowest BCUT2D eigenvalue weighted by atomic mass is 10.2. The molecule has 1 aromatic carbocycles. The van der Waals surface area contributed by atoms with Crippen molar-refractivity contribution in [2.45, 2.75) is 0 Å². The summed E-state index contributed by atoms with van der Waals surface area (Å²) >= 11 is 0. The summed E-state index contributed by atoms with van der Waals surface area (Å²) in [4.78, 5) is 16.0. The molecule has 0 fully saturated rings. The SMILES string of the molecule is CON(C)C(=O)/C=C/c1ccccc1. The maximum absolute atomic E-state index is 11.3. The van der Waals surface area contributed by atoms with Crippen LogP contribution in [-0.4, -0.2) is 25.1 Å². The maximum atomic E-state index is 11.3. The van der Waals surface area contributed by atoms with Crippen molar-refractivity contribution in [3.8, 4) is 0 Å². The third-order valence-corrected chi connectivity index (χ3v) is 1.80. The highest BCUT2D eigenvalue weighted by molar-refractivity contribution is 5.90. The summed E-state index contributed by atoms with van der Waals surface area (Å²) < 4.78 is 0. The molecule has 0 spiro atoms. The third kappa shape index (κ3) is 3.03. The molecule has 0 heterocycles. The molecular formula is C11H13NO2. The van der Waals surface area contributed by atoms with E-state index in [0.29, 0.717) is 0 Å². The Morgan fingerprint density at radius 1 is 1.36 bits per heavy atom.